The fourth-order valence-corrected chi connectivity index (χ4v) is 4.02. The molecule has 0 aliphatic heterocycles. The Morgan fingerprint density at radius 3 is 2.48 bits per heavy atom. The molecule has 2 heterocycles. The number of imidazole rings is 1. The standard InChI is InChI=1S/C20H12N2O6S/c23-18-11-5-7-16-12(10(11)6-8-17(18)29(25,26)27)9-13(20(24)28-16)19-21-14-3-1-2-4-15(14)22-19/h1-9,23H,(H,21,22)(H,25,26,27). The monoisotopic (exact) mass is 408 g/mol. The topological polar surface area (TPSA) is 133 Å². The Kier molecular flexibility index (Phi) is 3.54. The van der Waals surface area contributed by atoms with Crippen molar-refractivity contribution in [3.63, 3.8) is 0 Å². The summed E-state index contributed by atoms with van der Waals surface area (Å²) >= 11 is 0. The minimum absolute atomic E-state index is 0.192. The van der Waals surface area contributed by atoms with E-state index < -0.39 is 26.4 Å². The van der Waals surface area contributed by atoms with Crippen LogP contribution in [-0.4, -0.2) is 28.0 Å². The van der Waals surface area contributed by atoms with Gasteiger partial charge in [0, 0.05) is 10.8 Å². The average molecular weight is 408 g/mol. The van der Waals surface area contributed by atoms with Gasteiger partial charge in [-0.05, 0) is 41.8 Å². The zero-order valence-corrected chi connectivity index (χ0v) is 15.4. The minimum atomic E-state index is -4.59. The molecular formula is C20H12N2O6S. The van der Waals surface area contributed by atoms with Crippen LogP contribution < -0.4 is 5.63 Å². The Bertz CT molecular complexity index is 1580. The van der Waals surface area contributed by atoms with Gasteiger partial charge in [0.2, 0.25) is 0 Å². The third kappa shape index (κ3) is 2.67. The second kappa shape index (κ2) is 5.90. The molecule has 29 heavy (non-hydrogen) atoms. The van der Waals surface area contributed by atoms with Gasteiger partial charge in [0.05, 0.1) is 11.0 Å². The number of phenols is 1. The average Bonchev–Trinajstić information content (AvgIpc) is 3.10. The first-order valence-electron chi connectivity index (χ1n) is 8.48. The van der Waals surface area contributed by atoms with Gasteiger partial charge in [-0.3, -0.25) is 4.55 Å². The van der Waals surface area contributed by atoms with Gasteiger partial charge < -0.3 is 14.5 Å². The molecule has 0 fully saturated rings. The number of hydrogen-bond donors (Lipinski definition) is 3. The first-order valence-corrected chi connectivity index (χ1v) is 9.92. The number of benzene rings is 3. The third-order valence-electron chi connectivity index (χ3n) is 4.77. The molecule has 0 aliphatic carbocycles. The molecular weight excluding hydrogens is 396 g/mol. The van der Waals surface area contributed by atoms with E-state index in [-0.39, 0.29) is 16.5 Å². The first kappa shape index (κ1) is 17.4. The number of para-hydroxylation sites is 2. The zero-order valence-electron chi connectivity index (χ0n) is 14.6. The highest BCUT2D eigenvalue weighted by Crippen LogP contribution is 2.36. The van der Waals surface area contributed by atoms with Crippen LogP contribution in [0.4, 0.5) is 0 Å². The summed E-state index contributed by atoms with van der Waals surface area (Å²) in [6.45, 7) is 0. The van der Waals surface area contributed by atoms with E-state index >= 15 is 0 Å². The molecule has 0 bridgehead atoms. The van der Waals surface area contributed by atoms with Crippen molar-refractivity contribution >= 4 is 42.9 Å². The largest absolute Gasteiger partial charge is 0.506 e. The van der Waals surface area contributed by atoms with Crippen LogP contribution in [0, 0.1) is 0 Å². The van der Waals surface area contributed by atoms with Crippen molar-refractivity contribution < 1.29 is 22.5 Å². The van der Waals surface area contributed by atoms with Gasteiger partial charge in [0.25, 0.3) is 10.1 Å². The van der Waals surface area contributed by atoms with E-state index in [0.717, 1.165) is 11.6 Å². The Morgan fingerprint density at radius 1 is 0.966 bits per heavy atom. The molecule has 0 amide bonds. The fourth-order valence-electron chi connectivity index (χ4n) is 3.42. The van der Waals surface area contributed by atoms with Crippen molar-refractivity contribution in [1.29, 1.82) is 0 Å². The van der Waals surface area contributed by atoms with Crippen LogP contribution in [0.15, 0.2) is 68.7 Å². The molecule has 0 radical (unpaired) electrons. The van der Waals surface area contributed by atoms with E-state index in [1.807, 2.05) is 24.3 Å². The van der Waals surface area contributed by atoms with E-state index in [0.29, 0.717) is 22.1 Å². The van der Waals surface area contributed by atoms with Crippen molar-refractivity contribution in [3.8, 4) is 17.1 Å². The highest BCUT2D eigenvalue weighted by atomic mass is 32.2. The number of hydrogen-bond acceptors (Lipinski definition) is 6. The maximum atomic E-state index is 12.5. The molecule has 5 rings (SSSR count). The van der Waals surface area contributed by atoms with Crippen molar-refractivity contribution in [2.75, 3.05) is 0 Å². The third-order valence-corrected chi connectivity index (χ3v) is 5.66. The van der Waals surface area contributed by atoms with E-state index in [2.05, 4.69) is 9.97 Å². The van der Waals surface area contributed by atoms with Crippen molar-refractivity contribution in [3.05, 3.63) is 65.0 Å². The number of aromatic amines is 1. The Morgan fingerprint density at radius 2 is 1.72 bits per heavy atom. The number of fused-ring (bicyclic) bond motifs is 4. The fraction of sp³-hybridized carbons (Fsp3) is 0. The second-order valence-corrected chi connectivity index (χ2v) is 7.90. The maximum Gasteiger partial charge on any atom is 0.347 e. The highest BCUT2D eigenvalue weighted by molar-refractivity contribution is 7.86. The molecule has 0 atom stereocenters. The highest BCUT2D eigenvalue weighted by Gasteiger charge is 2.20. The molecule has 5 aromatic rings. The van der Waals surface area contributed by atoms with Gasteiger partial charge >= 0.3 is 5.63 Å². The molecule has 9 heteroatoms. The predicted octanol–water partition coefficient (Wildman–Crippen LogP) is 3.44. The van der Waals surface area contributed by atoms with Crippen molar-refractivity contribution in [2.45, 2.75) is 4.90 Å². The summed E-state index contributed by atoms with van der Waals surface area (Å²) in [6.07, 6.45) is 0. The van der Waals surface area contributed by atoms with Gasteiger partial charge in [-0.1, -0.05) is 18.2 Å². The Balaban J connectivity index is 1.83. The molecule has 0 saturated carbocycles. The Labute approximate surface area is 162 Å². The number of nitrogens with zero attached hydrogens (tertiary/aromatic N) is 1. The van der Waals surface area contributed by atoms with Crippen LogP contribution in [0.5, 0.6) is 5.75 Å². The van der Waals surface area contributed by atoms with E-state index in [4.69, 9.17) is 4.42 Å². The summed E-state index contributed by atoms with van der Waals surface area (Å²) in [5, 5.41) is 11.5. The quantitative estimate of drug-likeness (QED) is 0.231. The zero-order chi connectivity index (χ0) is 20.3. The van der Waals surface area contributed by atoms with Gasteiger partial charge in [0.1, 0.15) is 27.6 Å². The molecule has 8 nitrogen and oxygen atoms in total. The lowest BCUT2D eigenvalue weighted by molar-refractivity contribution is 0.448. The first-order chi connectivity index (χ1) is 13.8. The number of phenolic OH excluding ortho intramolecular Hbond substituents is 1. The lowest BCUT2D eigenvalue weighted by atomic mass is 10.0. The number of aromatic hydroxyl groups is 1. The second-order valence-electron chi connectivity index (χ2n) is 6.51. The molecule has 144 valence electrons. The summed E-state index contributed by atoms with van der Waals surface area (Å²) in [5.74, 6) is -0.249. The summed E-state index contributed by atoms with van der Waals surface area (Å²) in [5.41, 5.74) is 1.32. The summed E-state index contributed by atoms with van der Waals surface area (Å²) in [4.78, 5) is 19.4. The molecule has 0 saturated heterocycles. The predicted molar refractivity (Wildman–Crippen MR) is 107 cm³/mol. The maximum absolute atomic E-state index is 12.5. The van der Waals surface area contributed by atoms with Gasteiger partial charge in [-0.2, -0.15) is 8.42 Å². The smallest absolute Gasteiger partial charge is 0.347 e. The number of rotatable bonds is 2. The van der Waals surface area contributed by atoms with Crippen LogP contribution in [0.1, 0.15) is 0 Å². The molecule has 2 aromatic heterocycles. The van der Waals surface area contributed by atoms with Crippen LogP contribution in [0.3, 0.4) is 0 Å². The van der Waals surface area contributed by atoms with Crippen LogP contribution in [-0.2, 0) is 10.1 Å². The van der Waals surface area contributed by atoms with E-state index in [1.54, 1.807) is 6.07 Å². The van der Waals surface area contributed by atoms with Gasteiger partial charge in [-0.25, -0.2) is 9.78 Å². The summed E-state index contributed by atoms with van der Waals surface area (Å²) in [6, 6.07) is 14.3. The van der Waals surface area contributed by atoms with Gasteiger partial charge in [-0.15, -0.1) is 0 Å². The number of aromatic nitrogens is 2. The molecule has 3 aromatic carbocycles. The van der Waals surface area contributed by atoms with Crippen molar-refractivity contribution in [2.24, 2.45) is 0 Å². The van der Waals surface area contributed by atoms with Gasteiger partial charge in [0.15, 0.2) is 0 Å². The molecule has 0 spiro atoms. The van der Waals surface area contributed by atoms with Crippen molar-refractivity contribution in [1.82, 2.24) is 9.97 Å². The minimum Gasteiger partial charge on any atom is -0.506 e. The lowest BCUT2D eigenvalue weighted by Gasteiger charge is -2.08. The summed E-state index contributed by atoms with van der Waals surface area (Å²) < 4.78 is 37.6. The lowest BCUT2D eigenvalue weighted by Crippen LogP contribution is -2.04. The van der Waals surface area contributed by atoms with E-state index in [9.17, 15) is 22.9 Å². The molecule has 0 aliphatic rings. The van der Waals surface area contributed by atoms with Crippen LogP contribution >= 0.6 is 0 Å². The number of H-pyrrole nitrogens is 1. The summed E-state index contributed by atoms with van der Waals surface area (Å²) in [7, 11) is -4.59. The SMILES string of the molecule is O=c1oc2ccc3c(O)c(S(=O)(=O)O)ccc3c2cc1-c1nc2ccccc2[nH]1. The van der Waals surface area contributed by atoms with Crippen LogP contribution in [0.25, 0.3) is 44.2 Å². The normalized spacial score (nSPS) is 12.2. The number of nitrogens with one attached hydrogen (secondary N) is 1. The van der Waals surface area contributed by atoms with E-state index in [1.165, 1.54) is 18.2 Å². The van der Waals surface area contributed by atoms with Crippen LogP contribution in [0.2, 0.25) is 0 Å². The molecule has 0 unspecified atom stereocenters. The molecule has 3 N–H and O–H groups in total. The Hall–Kier alpha value is -3.69.